The molecule has 0 spiro atoms. The minimum atomic E-state index is -0.210. The molecule has 2 aromatic rings. The summed E-state index contributed by atoms with van der Waals surface area (Å²) in [7, 11) is 0. The predicted molar refractivity (Wildman–Crippen MR) is 85.6 cm³/mol. The molecule has 1 N–H and O–H groups in total. The Morgan fingerprint density at radius 1 is 1.37 bits per heavy atom. The van der Waals surface area contributed by atoms with Crippen molar-refractivity contribution in [3.63, 3.8) is 0 Å². The smallest absolute Gasteiger partial charge is 0.238 e. The minimum absolute atomic E-state index is 0.0489. The van der Waals surface area contributed by atoms with Crippen molar-refractivity contribution in [1.82, 2.24) is 4.98 Å². The average Bonchev–Trinajstić information content (AvgIpc) is 2.37. The van der Waals surface area contributed by atoms with Crippen LogP contribution in [0.25, 0.3) is 10.9 Å². The Bertz CT molecular complexity index is 613. The number of pyridine rings is 1. The fourth-order valence-corrected chi connectivity index (χ4v) is 2.20. The third-order valence-corrected chi connectivity index (χ3v) is 4.68. The number of benzene rings is 1. The summed E-state index contributed by atoms with van der Waals surface area (Å²) in [5, 5.41) is 3.91. The summed E-state index contributed by atoms with van der Waals surface area (Å²) in [6.07, 6.45) is 1.73. The van der Waals surface area contributed by atoms with Crippen LogP contribution in [0.1, 0.15) is 13.8 Å². The van der Waals surface area contributed by atoms with Gasteiger partial charge in [0.1, 0.15) is 0 Å². The standard InChI is InChI=1S/C14H14Br2N2O/c1-8(2)12(16)14(19)18-11-5-3-4-9-6-10(15)7-17-13(9)11/h3-8,12H,1-2H3,(H,18,19). The first kappa shape index (κ1) is 14.5. The molecule has 100 valence electrons. The van der Waals surface area contributed by atoms with Crippen LogP contribution in [-0.2, 0) is 4.79 Å². The Labute approximate surface area is 129 Å². The second-order valence-corrected chi connectivity index (χ2v) is 6.57. The lowest BCUT2D eigenvalue weighted by atomic mass is 10.1. The van der Waals surface area contributed by atoms with Crippen LogP contribution < -0.4 is 5.32 Å². The number of nitrogens with zero attached hydrogens (tertiary/aromatic N) is 1. The lowest BCUT2D eigenvalue weighted by molar-refractivity contribution is -0.116. The Morgan fingerprint density at radius 3 is 2.79 bits per heavy atom. The van der Waals surface area contributed by atoms with E-state index in [0.717, 1.165) is 21.1 Å². The van der Waals surface area contributed by atoms with Gasteiger partial charge in [-0.3, -0.25) is 9.78 Å². The molecule has 0 aliphatic heterocycles. The van der Waals surface area contributed by atoms with Gasteiger partial charge in [0.15, 0.2) is 0 Å². The quantitative estimate of drug-likeness (QED) is 0.797. The summed E-state index contributed by atoms with van der Waals surface area (Å²) < 4.78 is 0.920. The molecular formula is C14H14Br2N2O. The van der Waals surface area contributed by atoms with Gasteiger partial charge in [0.05, 0.1) is 16.0 Å². The van der Waals surface area contributed by atoms with E-state index in [1.165, 1.54) is 0 Å². The molecule has 0 radical (unpaired) electrons. The summed E-state index contributed by atoms with van der Waals surface area (Å²) in [5.74, 6) is 0.185. The summed E-state index contributed by atoms with van der Waals surface area (Å²) in [6.45, 7) is 3.99. The van der Waals surface area contributed by atoms with E-state index in [1.54, 1.807) is 6.20 Å². The van der Waals surface area contributed by atoms with Crippen molar-refractivity contribution in [3.05, 3.63) is 34.9 Å². The van der Waals surface area contributed by atoms with Crippen LogP contribution in [0.2, 0.25) is 0 Å². The van der Waals surface area contributed by atoms with E-state index in [9.17, 15) is 4.79 Å². The van der Waals surface area contributed by atoms with E-state index in [-0.39, 0.29) is 16.7 Å². The number of alkyl halides is 1. The van der Waals surface area contributed by atoms with Crippen LogP contribution in [0.15, 0.2) is 34.9 Å². The number of aromatic nitrogens is 1. The Morgan fingerprint density at radius 2 is 2.11 bits per heavy atom. The van der Waals surface area contributed by atoms with Crippen LogP contribution in [0.5, 0.6) is 0 Å². The van der Waals surface area contributed by atoms with Crippen molar-refractivity contribution < 1.29 is 4.79 Å². The van der Waals surface area contributed by atoms with Crippen LogP contribution in [0.4, 0.5) is 5.69 Å². The molecule has 0 aliphatic rings. The van der Waals surface area contributed by atoms with Gasteiger partial charge in [0.25, 0.3) is 0 Å². The molecule has 1 unspecified atom stereocenters. The third kappa shape index (κ3) is 3.34. The predicted octanol–water partition coefficient (Wildman–Crippen LogP) is 4.36. The summed E-state index contributed by atoms with van der Waals surface area (Å²) in [6, 6.07) is 7.72. The number of anilines is 1. The highest BCUT2D eigenvalue weighted by Crippen LogP contribution is 2.25. The summed E-state index contributed by atoms with van der Waals surface area (Å²) in [4.78, 5) is 16.2. The number of amides is 1. The fraction of sp³-hybridized carbons (Fsp3) is 0.286. The van der Waals surface area contributed by atoms with Crippen LogP contribution in [-0.4, -0.2) is 15.7 Å². The molecule has 3 nitrogen and oxygen atoms in total. The van der Waals surface area contributed by atoms with E-state index in [0.29, 0.717) is 0 Å². The first-order chi connectivity index (χ1) is 8.99. The van der Waals surface area contributed by atoms with Crippen molar-refractivity contribution >= 4 is 54.4 Å². The Balaban J connectivity index is 2.33. The molecule has 1 aromatic heterocycles. The lowest BCUT2D eigenvalue weighted by Crippen LogP contribution is -2.27. The van der Waals surface area contributed by atoms with Gasteiger partial charge < -0.3 is 5.32 Å². The zero-order valence-electron chi connectivity index (χ0n) is 10.7. The third-order valence-electron chi connectivity index (χ3n) is 2.77. The van der Waals surface area contributed by atoms with Crippen molar-refractivity contribution in [2.75, 3.05) is 5.32 Å². The SMILES string of the molecule is CC(C)C(Br)C(=O)Nc1cccc2cc(Br)cnc12. The summed E-state index contributed by atoms with van der Waals surface area (Å²) >= 11 is 6.79. The van der Waals surface area contributed by atoms with Crippen molar-refractivity contribution in [2.45, 2.75) is 18.7 Å². The molecule has 0 fully saturated rings. The van der Waals surface area contributed by atoms with Gasteiger partial charge in [0.2, 0.25) is 5.91 Å². The van der Waals surface area contributed by atoms with Crippen molar-refractivity contribution in [3.8, 4) is 0 Å². The number of nitrogens with one attached hydrogen (secondary N) is 1. The topological polar surface area (TPSA) is 42.0 Å². The average molecular weight is 386 g/mol. The second kappa shape index (κ2) is 6.01. The normalized spacial score (nSPS) is 12.7. The molecule has 0 aliphatic carbocycles. The van der Waals surface area contributed by atoms with Gasteiger partial charge in [-0.1, -0.05) is 41.9 Å². The highest BCUT2D eigenvalue weighted by molar-refractivity contribution is 9.10. The van der Waals surface area contributed by atoms with Gasteiger partial charge in [0, 0.05) is 16.1 Å². The number of hydrogen-bond donors (Lipinski definition) is 1. The number of carbonyl (C=O) groups excluding carboxylic acids is 1. The molecular weight excluding hydrogens is 372 g/mol. The maximum atomic E-state index is 12.1. The molecule has 0 saturated carbocycles. The van der Waals surface area contributed by atoms with Crippen molar-refractivity contribution in [1.29, 1.82) is 0 Å². The molecule has 1 amide bonds. The maximum Gasteiger partial charge on any atom is 0.238 e. The molecule has 1 heterocycles. The molecule has 0 saturated heterocycles. The Kier molecular flexibility index (Phi) is 4.58. The zero-order chi connectivity index (χ0) is 14.0. The fourth-order valence-electron chi connectivity index (χ4n) is 1.74. The maximum absolute atomic E-state index is 12.1. The van der Waals surface area contributed by atoms with E-state index in [4.69, 9.17) is 0 Å². The van der Waals surface area contributed by atoms with Crippen LogP contribution >= 0.6 is 31.9 Å². The highest BCUT2D eigenvalue weighted by atomic mass is 79.9. The van der Waals surface area contributed by atoms with E-state index >= 15 is 0 Å². The minimum Gasteiger partial charge on any atom is -0.323 e. The Hall–Kier alpha value is -0.940. The van der Waals surface area contributed by atoms with E-state index in [1.807, 2.05) is 38.1 Å². The van der Waals surface area contributed by atoms with Crippen LogP contribution in [0.3, 0.4) is 0 Å². The largest absolute Gasteiger partial charge is 0.323 e. The van der Waals surface area contributed by atoms with Gasteiger partial charge in [-0.15, -0.1) is 0 Å². The number of fused-ring (bicyclic) bond motifs is 1. The van der Waals surface area contributed by atoms with Gasteiger partial charge in [-0.25, -0.2) is 0 Å². The molecule has 19 heavy (non-hydrogen) atoms. The molecule has 5 heteroatoms. The molecule has 1 atom stereocenters. The van der Waals surface area contributed by atoms with Crippen molar-refractivity contribution in [2.24, 2.45) is 5.92 Å². The number of hydrogen-bond acceptors (Lipinski definition) is 2. The van der Waals surface area contributed by atoms with E-state index < -0.39 is 0 Å². The highest BCUT2D eigenvalue weighted by Gasteiger charge is 2.19. The molecule has 1 aromatic carbocycles. The number of carbonyl (C=O) groups is 1. The summed E-state index contributed by atoms with van der Waals surface area (Å²) in [5.41, 5.74) is 1.53. The van der Waals surface area contributed by atoms with Gasteiger partial charge in [-0.05, 0) is 34.0 Å². The first-order valence-electron chi connectivity index (χ1n) is 5.98. The number of halogens is 2. The molecule has 2 rings (SSSR count). The van der Waals surface area contributed by atoms with Gasteiger partial charge in [-0.2, -0.15) is 0 Å². The van der Waals surface area contributed by atoms with E-state index in [2.05, 4.69) is 42.2 Å². The lowest BCUT2D eigenvalue weighted by Gasteiger charge is -2.14. The molecule has 0 bridgehead atoms. The van der Waals surface area contributed by atoms with Gasteiger partial charge >= 0.3 is 0 Å². The zero-order valence-corrected chi connectivity index (χ0v) is 13.8. The number of rotatable bonds is 3. The first-order valence-corrected chi connectivity index (χ1v) is 7.69. The monoisotopic (exact) mass is 384 g/mol. The number of para-hydroxylation sites is 1. The second-order valence-electron chi connectivity index (χ2n) is 4.67. The van der Waals surface area contributed by atoms with Crippen LogP contribution in [0, 0.1) is 5.92 Å².